The van der Waals surface area contributed by atoms with Gasteiger partial charge in [-0.2, -0.15) is 0 Å². The highest BCUT2D eigenvalue weighted by atomic mass is 28.1. The predicted octanol–water partition coefficient (Wildman–Crippen LogP) is 1.97. The molecule has 0 N–H and O–H groups in total. The summed E-state index contributed by atoms with van der Waals surface area (Å²) in [5.41, 5.74) is 0. The van der Waals surface area contributed by atoms with Crippen molar-refractivity contribution in [3.8, 4) is 0 Å². The first-order valence-electron chi connectivity index (χ1n) is 7.62. The quantitative estimate of drug-likeness (QED) is 0.706. The second kappa shape index (κ2) is 7.09. The molecule has 2 aliphatic heterocycles. The van der Waals surface area contributed by atoms with Crippen molar-refractivity contribution in [2.75, 3.05) is 26.2 Å². The summed E-state index contributed by atoms with van der Waals surface area (Å²) >= 11 is 0. The van der Waals surface area contributed by atoms with Gasteiger partial charge in [-0.25, -0.2) is 0 Å². The lowest BCUT2D eigenvalue weighted by Crippen LogP contribution is -2.40. The van der Waals surface area contributed by atoms with Crippen LogP contribution in [0.2, 0.25) is 6.04 Å². The Morgan fingerprint density at radius 3 is 1.71 bits per heavy atom. The third-order valence-electron chi connectivity index (χ3n) is 3.98. The van der Waals surface area contributed by atoms with E-state index in [1.54, 1.807) is 5.82 Å². The normalized spacial score (nSPS) is 21.6. The van der Waals surface area contributed by atoms with Crippen LogP contribution in [0.1, 0.15) is 44.9 Å². The number of hydrogen-bond donors (Lipinski definition) is 0. The highest BCUT2D eigenvalue weighted by molar-refractivity contribution is 6.08. The molecule has 3 heteroatoms. The van der Waals surface area contributed by atoms with Gasteiger partial charge in [0, 0.05) is 36.4 Å². The lowest BCUT2D eigenvalue weighted by molar-refractivity contribution is 0.165. The van der Waals surface area contributed by atoms with Gasteiger partial charge >= 0.3 is 0 Å². The van der Waals surface area contributed by atoms with E-state index >= 15 is 0 Å². The molecule has 0 aliphatic carbocycles. The third-order valence-corrected chi connectivity index (χ3v) is 4.55. The Kier molecular flexibility index (Phi) is 5.42. The van der Waals surface area contributed by atoms with Gasteiger partial charge in [-0.15, -0.1) is 0 Å². The van der Waals surface area contributed by atoms with Gasteiger partial charge in [0.25, 0.3) is 0 Å². The summed E-state index contributed by atoms with van der Waals surface area (Å²) in [7, 11) is 1.34. The van der Waals surface area contributed by atoms with Crippen LogP contribution in [0.4, 0.5) is 0 Å². The van der Waals surface area contributed by atoms with Gasteiger partial charge in [0.15, 0.2) is 0 Å². The molecule has 0 bridgehead atoms. The van der Waals surface area contributed by atoms with Gasteiger partial charge < -0.3 is 9.80 Å². The van der Waals surface area contributed by atoms with Crippen molar-refractivity contribution in [2.24, 2.45) is 0 Å². The number of likely N-dealkylation sites (tertiary alicyclic amines) is 2. The third kappa shape index (κ3) is 3.77. The Balaban J connectivity index is 2.00. The van der Waals surface area contributed by atoms with E-state index in [4.69, 9.17) is 0 Å². The Morgan fingerprint density at radius 2 is 1.29 bits per heavy atom. The minimum absolute atomic E-state index is 1.30. The summed E-state index contributed by atoms with van der Waals surface area (Å²) in [6.07, 6.45) is 12.3. The Labute approximate surface area is 109 Å². The second-order valence-corrected chi connectivity index (χ2v) is 6.45. The fraction of sp³-hybridized carbons (Fsp3) is 0.857. The number of rotatable bonds is 4. The van der Waals surface area contributed by atoms with Crippen molar-refractivity contribution >= 4 is 10.2 Å². The molecule has 0 radical (unpaired) electrons. The van der Waals surface area contributed by atoms with Crippen molar-refractivity contribution in [2.45, 2.75) is 51.0 Å². The van der Waals surface area contributed by atoms with Gasteiger partial charge in [-0.3, -0.25) is 0 Å². The monoisotopic (exact) mass is 252 g/mol. The van der Waals surface area contributed by atoms with Crippen LogP contribution in [0.25, 0.3) is 0 Å². The molecule has 2 heterocycles. The first-order valence-corrected chi connectivity index (χ1v) is 9.03. The fourth-order valence-electron chi connectivity index (χ4n) is 2.98. The second-order valence-electron chi connectivity index (χ2n) is 5.45. The van der Waals surface area contributed by atoms with E-state index < -0.39 is 0 Å². The molecule has 2 fully saturated rings. The van der Waals surface area contributed by atoms with Gasteiger partial charge in [0.05, 0.1) is 5.82 Å². The summed E-state index contributed by atoms with van der Waals surface area (Å²) in [6.45, 7) is 5.18. The maximum Gasteiger partial charge on any atom is 0.0997 e. The van der Waals surface area contributed by atoms with Crippen LogP contribution in [0.5, 0.6) is 0 Å². The SMILES string of the molecule is [SiH3]CCC=C(N1CCCCC1)N1CCCCC1. The lowest BCUT2D eigenvalue weighted by atomic mass is 10.1. The molecule has 0 aromatic carbocycles. The molecule has 2 nitrogen and oxygen atoms in total. The zero-order chi connectivity index (χ0) is 11.9. The van der Waals surface area contributed by atoms with E-state index in [0.29, 0.717) is 0 Å². The van der Waals surface area contributed by atoms with Crippen molar-refractivity contribution in [3.63, 3.8) is 0 Å². The number of nitrogens with zero attached hydrogens (tertiary/aromatic N) is 2. The van der Waals surface area contributed by atoms with Crippen LogP contribution < -0.4 is 0 Å². The Morgan fingerprint density at radius 1 is 0.824 bits per heavy atom. The highest BCUT2D eigenvalue weighted by Gasteiger charge is 2.20. The summed E-state index contributed by atoms with van der Waals surface area (Å²) < 4.78 is 0. The van der Waals surface area contributed by atoms with Gasteiger partial charge in [0.1, 0.15) is 0 Å². The van der Waals surface area contributed by atoms with E-state index in [-0.39, 0.29) is 0 Å². The molecule has 98 valence electrons. The van der Waals surface area contributed by atoms with Gasteiger partial charge in [-0.1, -0.05) is 6.04 Å². The van der Waals surface area contributed by atoms with Crippen molar-refractivity contribution in [3.05, 3.63) is 11.9 Å². The Bertz CT molecular complexity index is 221. The molecular weight excluding hydrogens is 224 g/mol. The zero-order valence-corrected chi connectivity index (χ0v) is 13.5. The first-order chi connectivity index (χ1) is 8.42. The molecule has 0 aromatic heterocycles. The standard InChI is InChI=1S/C14H28N2Si/c17-13-7-8-14(15-9-3-1-4-10-15)16-11-5-2-6-12-16/h8H,1-7,9-13H2,17H3. The average Bonchev–Trinajstić information content (AvgIpc) is 2.42. The summed E-state index contributed by atoms with van der Waals surface area (Å²) in [6, 6.07) is 1.41. The molecular formula is C14H28N2Si. The van der Waals surface area contributed by atoms with Crippen LogP contribution in [0, 0.1) is 0 Å². The van der Waals surface area contributed by atoms with Crippen LogP contribution in [-0.4, -0.2) is 46.2 Å². The van der Waals surface area contributed by atoms with E-state index in [0.717, 1.165) is 0 Å². The summed E-state index contributed by atoms with van der Waals surface area (Å²) in [4.78, 5) is 5.32. The van der Waals surface area contributed by atoms with Gasteiger partial charge in [-0.05, 0) is 51.0 Å². The number of allylic oxidation sites excluding steroid dienone is 1. The van der Waals surface area contributed by atoms with E-state index in [1.807, 2.05) is 0 Å². The molecule has 0 saturated carbocycles. The van der Waals surface area contributed by atoms with E-state index in [1.165, 1.54) is 87.4 Å². The van der Waals surface area contributed by atoms with Gasteiger partial charge in [0.2, 0.25) is 0 Å². The Hall–Kier alpha value is -0.443. The molecule has 0 atom stereocenters. The van der Waals surface area contributed by atoms with Crippen molar-refractivity contribution in [1.29, 1.82) is 0 Å². The molecule has 2 aliphatic rings. The molecule has 0 amide bonds. The fourth-order valence-corrected chi connectivity index (χ4v) is 3.27. The highest BCUT2D eigenvalue weighted by Crippen LogP contribution is 2.22. The minimum atomic E-state index is 1.30. The number of hydrogen-bond acceptors (Lipinski definition) is 2. The summed E-state index contributed by atoms with van der Waals surface area (Å²) in [5, 5.41) is 0. The molecule has 17 heavy (non-hydrogen) atoms. The molecule has 2 rings (SSSR count). The first kappa shape index (κ1) is 13.0. The van der Waals surface area contributed by atoms with Crippen molar-refractivity contribution < 1.29 is 0 Å². The number of piperidine rings is 2. The maximum atomic E-state index is 2.66. The molecule has 2 saturated heterocycles. The molecule has 0 unspecified atom stereocenters. The van der Waals surface area contributed by atoms with Crippen LogP contribution in [0.15, 0.2) is 11.9 Å². The maximum absolute atomic E-state index is 2.66. The lowest BCUT2D eigenvalue weighted by Gasteiger charge is -2.40. The smallest absolute Gasteiger partial charge is 0.0997 e. The average molecular weight is 252 g/mol. The predicted molar refractivity (Wildman–Crippen MR) is 78.3 cm³/mol. The van der Waals surface area contributed by atoms with E-state index in [9.17, 15) is 0 Å². The topological polar surface area (TPSA) is 6.48 Å². The molecule has 0 aromatic rings. The van der Waals surface area contributed by atoms with Crippen LogP contribution in [0.3, 0.4) is 0 Å². The van der Waals surface area contributed by atoms with Crippen molar-refractivity contribution in [1.82, 2.24) is 9.80 Å². The molecule has 0 spiro atoms. The summed E-state index contributed by atoms with van der Waals surface area (Å²) in [5.74, 6) is 1.58. The minimum Gasteiger partial charge on any atom is -0.359 e. The van der Waals surface area contributed by atoms with Crippen LogP contribution in [-0.2, 0) is 0 Å². The zero-order valence-electron chi connectivity index (χ0n) is 11.5. The van der Waals surface area contributed by atoms with E-state index in [2.05, 4.69) is 15.9 Å². The largest absolute Gasteiger partial charge is 0.359 e. The van der Waals surface area contributed by atoms with Crippen LogP contribution >= 0.6 is 0 Å².